The van der Waals surface area contributed by atoms with E-state index in [2.05, 4.69) is 58.8 Å². The molecule has 5 heteroatoms. The zero-order chi connectivity index (χ0) is 19.4. The van der Waals surface area contributed by atoms with E-state index in [1.807, 2.05) is 26.0 Å². The Bertz CT molecular complexity index is 657. The van der Waals surface area contributed by atoms with Gasteiger partial charge in [0.15, 0.2) is 0 Å². The van der Waals surface area contributed by atoms with E-state index in [0.29, 0.717) is 6.04 Å². The minimum absolute atomic E-state index is 0.0487. The first-order valence-electron chi connectivity index (χ1n) is 10.5. The zero-order valence-electron chi connectivity index (χ0n) is 17.2. The van der Waals surface area contributed by atoms with Gasteiger partial charge in [0.2, 0.25) is 0 Å². The van der Waals surface area contributed by atoms with Crippen molar-refractivity contribution in [3.8, 4) is 0 Å². The third kappa shape index (κ3) is 3.70. The topological polar surface area (TPSA) is 38.8 Å². The van der Waals surface area contributed by atoms with E-state index in [-0.39, 0.29) is 18.0 Å². The monoisotopic (exact) mass is 370 g/mol. The smallest absolute Gasteiger partial charge is 0.266 e. The summed E-state index contributed by atoms with van der Waals surface area (Å²) < 4.78 is 0. The van der Waals surface area contributed by atoms with Crippen molar-refractivity contribution in [3.63, 3.8) is 0 Å². The SMILES string of the molecule is CC.CN1C=CC=C2C(=O)N(C3CCCCC3)N(C)C(C3=CC=CCN3)C21. The van der Waals surface area contributed by atoms with E-state index in [0.717, 1.165) is 25.0 Å². The number of nitrogens with one attached hydrogen (secondary N) is 1. The number of rotatable bonds is 2. The van der Waals surface area contributed by atoms with Crippen molar-refractivity contribution in [1.29, 1.82) is 0 Å². The van der Waals surface area contributed by atoms with Crippen LogP contribution in [-0.4, -0.2) is 59.6 Å². The van der Waals surface area contributed by atoms with Gasteiger partial charge < -0.3 is 10.2 Å². The Morgan fingerprint density at radius 1 is 1.00 bits per heavy atom. The third-order valence-corrected chi connectivity index (χ3v) is 5.93. The molecule has 0 bridgehead atoms. The van der Waals surface area contributed by atoms with E-state index in [4.69, 9.17) is 0 Å². The van der Waals surface area contributed by atoms with E-state index >= 15 is 0 Å². The number of likely N-dealkylation sites (N-methyl/N-ethyl adjacent to an activating group) is 2. The summed E-state index contributed by atoms with van der Waals surface area (Å²) in [5.41, 5.74) is 2.10. The molecule has 1 saturated carbocycles. The van der Waals surface area contributed by atoms with Gasteiger partial charge in [0.05, 0.1) is 12.1 Å². The molecule has 2 fully saturated rings. The predicted octanol–water partition coefficient (Wildman–Crippen LogP) is 3.20. The van der Waals surface area contributed by atoms with Gasteiger partial charge in [0, 0.05) is 38.0 Å². The van der Waals surface area contributed by atoms with Crippen LogP contribution in [0.3, 0.4) is 0 Å². The van der Waals surface area contributed by atoms with Crippen molar-refractivity contribution in [2.75, 3.05) is 20.6 Å². The lowest BCUT2D eigenvalue weighted by Crippen LogP contribution is -2.67. The molecular formula is C22H34N4O. The molecule has 3 heterocycles. The first kappa shape index (κ1) is 19.7. The quantitative estimate of drug-likeness (QED) is 0.810. The molecule has 0 aromatic rings. The highest BCUT2D eigenvalue weighted by atomic mass is 16.2. The Morgan fingerprint density at radius 2 is 1.74 bits per heavy atom. The van der Waals surface area contributed by atoms with Gasteiger partial charge in [0.1, 0.15) is 0 Å². The molecule has 0 aromatic heterocycles. The minimum atomic E-state index is 0.0487. The minimum Gasteiger partial charge on any atom is -0.383 e. The summed E-state index contributed by atoms with van der Waals surface area (Å²) in [6.07, 6.45) is 18.4. The Labute approximate surface area is 164 Å². The Balaban J connectivity index is 0.00000102. The van der Waals surface area contributed by atoms with Crippen molar-refractivity contribution in [2.24, 2.45) is 0 Å². The molecule has 1 saturated heterocycles. The first-order valence-corrected chi connectivity index (χ1v) is 10.5. The molecule has 1 aliphatic carbocycles. The maximum Gasteiger partial charge on any atom is 0.266 e. The number of dihydropyridines is 1. The standard InChI is InChI=1S/C20H28N4O.C2H6/c1-22-14-8-11-16-18(22)19(17-12-6-7-13-21-17)23(2)24(20(16)25)15-9-4-3-5-10-15;1-2/h6-8,11-12,14-15,18-19,21H,3-5,9-10,13H2,1-2H3;1-2H3. The second kappa shape index (κ2) is 8.79. The predicted molar refractivity (Wildman–Crippen MR) is 111 cm³/mol. The number of allylic oxidation sites excluding steroid dienone is 4. The van der Waals surface area contributed by atoms with Gasteiger partial charge in [-0.2, -0.15) is 0 Å². The molecule has 0 spiro atoms. The number of hydrogen-bond acceptors (Lipinski definition) is 4. The summed E-state index contributed by atoms with van der Waals surface area (Å²) in [7, 11) is 4.15. The fraction of sp³-hybridized carbons (Fsp3) is 0.591. The van der Waals surface area contributed by atoms with Crippen molar-refractivity contribution in [2.45, 2.75) is 64.1 Å². The summed E-state index contributed by atoms with van der Waals surface area (Å²) in [5.74, 6) is 0.179. The third-order valence-electron chi connectivity index (χ3n) is 5.93. The average molecular weight is 371 g/mol. The van der Waals surface area contributed by atoms with Crippen LogP contribution in [0.4, 0.5) is 0 Å². The first-order chi connectivity index (χ1) is 13.2. The molecule has 4 aliphatic rings. The maximum absolute atomic E-state index is 13.3. The van der Waals surface area contributed by atoms with Crippen molar-refractivity contribution in [1.82, 2.24) is 20.2 Å². The van der Waals surface area contributed by atoms with Crippen LogP contribution in [0.5, 0.6) is 0 Å². The fourth-order valence-corrected chi connectivity index (χ4v) is 4.70. The largest absolute Gasteiger partial charge is 0.383 e. The fourth-order valence-electron chi connectivity index (χ4n) is 4.70. The second-order valence-electron chi connectivity index (χ2n) is 7.46. The molecule has 27 heavy (non-hydrogen) atoms. The average Bonchev–Trinajstić information content (AvgIpc) is 2.72. The van der Waals surface area contributed by atoms with Gasteiger partial charge in [-0.25, -0.2) is 5.01 Å². The summed E-state index contributed by atoms with van der Waals surface area (Å²) in [4.78, 5) is 15.5. The normalized spacial score (nSPS) is 28.7. The van der Waals surface area contributed by atoms with E-state index < -0.39 is 0 Å². The molecule has 2 atom stereocenters. The highest BCUT2D eigenvalue weighted by Crippen LogP contribution is 2.36. The molecule has 4 rings (SSSR count). The molecular weight excluding hydrogens is 336 g/mol. The van der Waals surface area contributed by atoms with Crippen LogP contribution in [0.2, 0.25) is 0 Å². The van der Waals surface area contributed by atoms with Crippen molar-refractivity contribution < 1.29 is 4.79 Å². The lowest BCUT2D eigenvalue weighted by Gasteiger charge is -2.53. The number of fused-ring (bicyclic) bond motifs is 1. The van der Waals surface area contributed by atoms with Crippen molar-refractivity contribution in [3.05, 3.63) is 47.9 Å². The lowest BCUT2D eigenvalue weighted by atomic mass is 9.87. The summed E-state index contributed by atoms with van der Waals surface area (Å²) in [5, 5.41) is 7.79. The molecule has 0 radical (unpaired) electrons. The molecule has 3 aliphatic heterocycles. The number of carbonyl (C=O) groups excluding carboxylic acids is 1. The van der Waals surface area contributed by atoms with E-state index in [1.165, 1.54) is 25.0 Å². The summed E-state index contributed by atoms with van der Waals surface area (Å²) in [6, 6.07) is 0.491. The zero-order valence-corrected chi connectivity index (χ0v) is 17.2. The number of nitrogens with zero attached hydrogens (tertiary/aromatic N) is 3. The Hall–Kier alpha value is -2.01. The maximum atomic E-state index is 13.3. The molecule has 1 N–H and O–H groups in total. The number of amides is 1. The van der Waals surface area contributed by atoms with Crippen molar-refractivity contribution >= 4 is 5.91 Å². The van der Waals surface area contributed by atoms with E-state index in [9.17, 15) is 4.79 Å². The van der Waals surface area contributed by atoms with Gasteiger partial charge in [-0.3, -0.25) is 9.80 Å². The molecule has 148 valence electrons. The van der Waals surface area contributed by atoms with Crippen LogP contribution in [0.15, 0.2) is 47.9 Å². The molecule has 0 aromatic carbocycles. The highest BCUT2D eigenvalue weighted by molar-refractivity contribution is 5.96. The Kier molecular flexibility index (Phi) is 6.42. The number of hydrazine groups is 1. The van der Waals surface area contributed by atoms with Gasteiger partial charge in [-0.15, -0.1) is 0 Å². The van der Waals surface area contributed by atoms with Crippen LogP contribution >= 0.6 is 0 Å². The van der Waals surface area contributed by atoms with Gasteiger partial charge in [-0.1, -0.05) is 45.3 Å². The van der Waals surface area contributed by atoms with Crippen LogP contribution in [-0.2, 0) is 4.79 Å². The molecule has 2 unspecified atom stereocenters. The highest BCUT2D eigenvalue weighted by Gasteiger charge is 2.48. The van der Waals surface area contributed by atoms with Crippen LogP contribution in [0.25, 0.3) is 0 Å². The van der Waals surface area contributed by atoms with Crippen LogP contribution in [0, 0.1) is 0 Å². The second-order valence-corrected chi connectivity index (χ2v) is 7.46. The number of carbonyl (C=O) groups is 1. The van der Waals surface area contributed by atoms with E-state index in [1.54, 1.807) is 0 Å². The Morgan fingerprint density at radius 3 is 2.41 bits per heavy atom. The van der Waals surface area contributed by atoms with Crippen LogP contribution in [0.1, 0.15) is 46.0 Å². The lowest BCUT2D eigenvalue weighted by molar-refractivity contribution is -0.163. The summed E-state index contributed by atoms with van der Waals surface area (Å²) >= 11 is 0. The molecule has 1 amide bonds. The molecule has 5 nitrogen and oxygen atoms in total. The van der Waals surface area contributed by atoms with Gasteiger partial charge in [-0.05, 0) is 37.3 Å². The summed E-state index contributed by atoms with van der Waals surface area (Å²) in [6.45, 7) is 4.85. The van der Waals surface area contributed by atoms with Gasteiger partial charge >= 0.3 is 0 Å². The van der Waals surface area contributed by atoms with Gasteiger partial charge in [0.25, 0.3) is 5.91 Å². The number of hydrogen-bond donors (Lipinski definition) is 1. The van der Waals surface area contributed by atoms with Crippen LogP contribution < -0.4 is 5.32 Å².